The molecule has 0 spiro atoms. The molecule has 0 aromatic carbocycles. The van der Waals surface area contributed by atoms with E-state index in [4.69, 9.17) is 0 Å². The van der Waals surface area contributed by atoms with Crippen molar-refractivity contribution in [2.45, 2.75) is 26.7 Å². The van der Waals surface area contributed by atoms with E-state index in [0.717, 1.165) is 23.4 Å². The third-order valence-corrected chi connectivity index (χ3v) is 2.70. The Morgan fingerprint density at radius 1 is 1.46 bits per heavy atom. The van der Waals surface area contributed by atoms with Crippen LogP contribution < -0.4 is 0 Å². The second-order valence-corrected chi connectivity index (χ2v) is 3.97. The van der Waals surface area contributed by atoms with Crippen molar-refractivity contribution in [2.24, 2.45) is 13.0 Å². The van der Waals surface area contributed by atoms with E-state index in [1.807, 2.05) is 18.7 Å². The second-order valence-electron chi connectivity index (χ2n) is 3.97. The van der Waals surface area contributed by atoms with Gasteiger partial charge < -0.3 is 0 Å². The van der Waals surface area contributed by atoms with Gasteiger partial charge in [-0.2, -0.15) is 5.10 Å². The molecule has 3 nitrogen and oxygen atoms in total. The van der Waals surface area contributed by atoms with Gasteiger partial charge in [0.15, 0.2) is 5.78 Å². The first-order chi connectivity index (χ1) is 6.09. The summed E-state index contributed by atoms with van der Waals surface area (Å²) in [5, 5.41) is 4.27. The molecule has 13 heavy (non-hydrogen) atoms. The Labute approximate surface area is 77.7 Å². The van der Waals surface area contributed by atoms with Crippen LogP contribution in [-0.4, -0.2) is 15.6 Å². The fourth-order valence-electron chi connectivity index (χ4n) is 2.12. The topological polar surface area (TPSA) is 34.9 Å². The molecule has 0 fully saturated rings. The van der Waals surface area contributed by atoms with E-state index < -0.39 is 0 Å². The fourth-order valence-corrected chi connectivity index (χ4v) is 2.12. The van der Waals surface area contributed by atoms with Crippen molar-refractivity contribution in [1.29, 1.82) is 0 Å². The highest BCUT2D eigenvalue weighted by molar-refractivity contribution is 5.99. The Morgan fingerprint density at radius 2 is 2.15 bits per heavy atom. The predicted octanol–water partition coefficient (Wildman–Crippen LogP) is 1.49. The van der Waals surface area contributed by atoms with Gasteiger partial charge in [-0.1, -0.05) is 6.92 Å². The summed E-state index contributed by atoms with van der Waals surface area (Å²) < 4.78 is 1.85. The molecular weight excluding hydrogens is 164 g/mol. The first-order valence-corrected chi connectivity index (χ1v) is 4.65. The molecule has 3 heteroatoms. The molecule has 0 bridgehead atoms. The van der Waals surface area contributed by atoms with Gasteiger partial charge in [0, 0.05) is 19.2 Å². The van der Waals surface area contributed by atoms with Crippen LogP contribution in [0, 0.1) is 12.8 Å². The van der Waals surface area contributed by atoms with E-state index in [0.29, 0.717) is 12.3 Å². The van der Waals surface area contributed by atoms with Crippen LogP contribution in [0.4, 0.5) is 0 Å². The standard InChI is InChI=1S/C10H14N2O/c1-6-4-8-10(9(13)5-6)7(2)11-12(8)3/h6H,4-5H2,1-3H3. The molecule has 1 atom stereocenters. The minimum atomic E-state index is 0.263. The van der Waals surface area contributed by atoms with Gasteiger partial charge in [-0.3, -0.25) is 9.48 Å². The number of carbonyl (C=O) groups is 1. The average molecular weight is 178 g/mol. The number of fused-ring (bicyclic) bond motifs is 1. The van der Waals surface area contributed by atoms with Crippen molar-refractivity contribution < 1.29 is 4.79 Å². The summed E-state index contributed by atoms with van der Waals surface area (Å²) in [6.07, 6.45) is 1.66. The third kappa shape index (κ3) is 1.19. The molecule has 1 unspecified atom stereocenters. The Bertz CT molecular complexity index is 365. The van der Waals surface area contributed by atoms with Gasteiger partial charge >= 0.3 is 0 Å². The first kappa shape index (κ1) is 8.48. The molecule has 1 heterocycles. The molecule has 0 saturated carbocycles. The lowest BCUT2D eigenvalue weighted by Gasteiger charge is -2.17. The number of nitrogens with zero attached hydrogens (tertiary/aromatic N) is 2. The zero-order chi connectivity index (χ0) is 9.59. The van der Waals surface area contributed by atoms with Crippen molar-refractivity contribution in [3.05, 3.63) is 17.0 Å². The Hall–Kier alpha value is -1.12. The zero-order valence-electron chi connectivity index (χ0n) is 8.29. The van der Waals surface area contributed by atoms with Crippen LogP contribution in [-0.2, 0) is 13.5 Å². The number of hydrogen-bond donors (Lipinski definition) is 0. The average Bonchev–Trinajstić information content (AvgIpc) is 2.27. The van der Waals surface area contributed by atoms with Gasteiger partial charge in [-0.05, 0) is 19.3 Å². The molecule has 1 aliphatic carbocycles. The number of aromatic nitrogens is 2. The summed E-state index contributed by atoms with van der Waals surface area (Å²) in [6.45, 7) is 4.02. The van der Waals surface area contributed by atoms with E-state index in [2.05, 4.69) is 12.0 Å². The molecule has 2 rings (SSSR count). The molecule has 0 N–H and O–H groups in total. The van der Waals surface area contributed by atoms with Crippen LogP contribution >= 0.6 is 0 Å². The predicted molar refractivity (Wildman–Crippen MR) is 49.8 cm³/mol. The fraction of sp³-hybridized carbons (Fsp3) is 0.600. The summed E-state index contributed by atoms with van der Waals surface area (Å²) in [5.41, 5.74) is 2.87. The molecule has 0 saturated heterocycles. The van der Waals surface area contributed by atoms with E-state index in [1.165, 1.54) is 0 Å². The molecule has 1 aromatic heterocycles. The van der Waals surface area contributed by atoms with Crippen LogP contribution in [0.3, 0.4) is 0 Å². The normalized spacial score (nSPS) is 21.8. The molecule has 70 valence electrons. The van der Waals surface area contributed by atoms with E-state index in [-0.39, 0.29) is 5.78 Å². The highest BCUT2D eigenvalue weighted by Crippen LogP contribution is 2.26. The highest BCUT2D eigenvalue weighted by atomic mass is 16.1. The number of aryl methyl sites for hydroxylation is 2. The molecule has 0 aliphatic heterocycles. The van der Waals surface area contributed by atoms with Crippen LogP contribution in [0.1, 0.15) is 35.1 Å². The Balaban J connectivity index is 2.57. The maximum Gasteiger partial charge on any atom is 0.166 e. The van der Waals surface area contributed by atoms with Gasteiger partial charge in [0.1, 0.15) is 0 Å². The number of Topliss-reactive ketones (excluding diaryl/α,β-unsaturated/α-hetero) is 1. The summed E-state index contributed by atoms with van der Waals surface area (Å²) in [4.78, 5) is 11.7. The lowest BCUT2D eigenvalue weighted by atomic mass is 9.87. The number of ketones is 1. The molecule has 0 amide bonds. The molecule has 0 radical (unpaired) electrons. The van der Waals surface area contributed by atoms with Crippen molar-refractivity contribution >= 4 is 5.78 Å². The van der Waals surface area contributed by atoms with Crippen molar-refractivity contribution in [3.8, 4) is 0 Å². The van der Waals surface area contributed by atoms with Gasteiger partial charge in [-0.25, -0.2) is 0 Å². The Morgan fingerprint density at radius 3 is 2.85 bits per heavy atom. The minimum absolute atomic E-state index is 0.263. The number of rotatable bonds is 0. The minimum Gasteiger partial charge on any atom is -0.294 e. The van der Waals surface area contributed by atoms with Gasteiger partial charge in [0.25, 0.3) is 0 Å². The lowest BCUT2D eigenvalue weighted by Crippen LogP contribution is -2.19. The molecule has 1 aromatic rings. The van der Waals surface area contributed by atoms with Gasteiger partial charge in [0.2, 0.25) is 0 Å². The lowest BCUT2D eigenvalue weighted by molar-refractivity contribution is 0.0952. The molecule has 1 aliphatic rings. The summed E-state index contributed by atoms with van der Waals surface area (Å²) in [7, 11) is 1.91. The summed E-state index contributed by atoms with van der Waals surface area (Å²) >= 11 is 0. The summed E-state index contributed by atoms with van der Waals surface area (Å²) in [5.74, 6) is 0.731. The van der Waals surface area contributed by atoms with Crippen molar-refractivity contribution in [1.82, 2.24) is 9.78 Å². The van der Waals surface area contributed by atoms with Crippen molar-refractivity contribution in [2.75, 3.05) is 0 Å². The smallest absolute Gasteiger partial charge is 0.166 e. The van der Waals surface area contributed by atoms with Crippen LogP contribution in [0.5, 0.6) is 0 Å². The highest BCUT2D eigenvalue weighted by Gasteiger charge is 2.27. The second kappa shape index (κ2) is 2.69. The summed E-state index contributed by atoms with van der Waals surface area (Å²) in [6, 6.07) is 0. The SMILES string of the molecule is Cc1nn(C)c2c1C(=O)CC(C)C2. The van der Waals surface area contributed by atoms with E-state index in [1.54, 1.807) is 0 Å². The largest absolute Gasteiger partial charge is 0.294 e. The third-order valence-electron chi connectivity index (χ3n) is 2.70. The maximum atomic E-state index is 11.7. The van der Waals surface area contributed by atoms with Crippen LogP contribution in [0.25, 0.3) is 0 Å². The quantitative estimate of drug-likeness (QED) is 0.603. The van der Waals surface area contributed by atoms with E-state index in [9.17, 15) is 4.79 Å². The van der Waals surface area contributed by atoms with Crippen LogP contribution in [0.2, 0.25) is 0 Å². The number of hydrogen-bond acceptors (Lipinski definition) is 2. The monoisotopic (exact) mass is 178 g/mol. The number of carbonyl (C=O) groups excluding carboxylic acids is 1. The zero-order valence-corrected chi connectivity index (χ0v) is 8.29. The van der Waals surface area contributed by atoms with Gasteiger partial charge in [-0.15, -0.1) is 0 Å². The first-order valence-electron chi connectivity index (χ1n) is 4.65. The van der Waals surface area contributed by atoms with Crippen molar-refractivity contribution in [3.63, 3.8) is 0 Å². The maximum absolute atomic E-state index is 11.7. The van der Waals surface area contributed by atoms with E-state index >= 15 is 0 Å². The Kier molecular flexibility index (Phi) is 1.75. The van der Waals surface area contributed by atoms with Gasteiger partial charge in [0.05, 0.1) is 11.3 Å². The molecular formula is C10H14N2O. The van der Waals surface area contributed by atoms with Crippen LogP contribution in [0.15, 0.2) is 0 Å².